The summed E-state index contributed by atoms with van der Waals surface area (Å²) in [5.41, 5.74) is -0.319. The quantitative estimate of drug-likeness (QED) is 0.320. The lowest BCUT2D eigenvalue weighted by molar-refractivity contribution is 0.0758. The third-order valence-corrected chi connectivity index (χ3v) is 14.2. The first-order valence-electron chi connectivity index (χ1n) is 12.1. The SMILES string of the molecule is CC1(C)OC(=NC(CCO[Si](C)(C)C(C)(C)C)c2cc(Cl)ccc2F)NS(=O)(=O)C1c1ccc(Br)cc1. The molecule has 2 atom stereocenters. The zero-order chi connectivity index (χ0) is 27.8. The largest absolute Gasteiger partial charge is 0.457 e. The number of amidine groups is 1. The highest BCUT2D eigenvalue weighted by molar-refractivity contribution is 9.10. The van der Waals surface area contributed by atoms with Crippen LogP contribution in [0.3, 0.4) is 0 Å². The van der Waals surface area contributed by atoms with Crippen LogP contribution >= 0.6 is 27.5 Å². The van der Waals surface area contributed by atoms with Crippen LogP contribution in [0.5, 0.6) is 0 Å². The molecule has 0 spiro atoms. The highest BCUT2D eigenvalue weighted by Gasteiger charge is 2.48. The second kappa shape index (κ2) is 11.0. The van der Waals surface area contributed by atoms with Crippen LogP contribution in [0.2, 0.25) is 23.2 Å². The number of ether oxygens (including phenoxy) is 1. The van der Waals surface area contributed by atoms with Crippen LogP contribution in [0.25, 0.3) is 0 Å². The van der Waals surface area contributed by atoms with Crippen LogP contribution in [0.4, 0.5) is 4.39 Å². The summed E-state index contributed by atoms with van der Waals surface area (Å²) in [4.78, 5) is 4.56. The van der Waals surface area contributed by atoms with Gasteiger partial charge >= 0.3 is 0 Å². The van der Waals surface area contributed by atoms with E-state index in [0.717, 1.165) is 4.47 Å². The Hall–Kier alpha value is -1.46. The lowest BCUT2D eigenvalue weighted by Crippen LogP contribution is -2.53. The Kier molecular flexibility index (Phi) is 8.91. The van der Waals surface area contributed by atoms with Gasteiger partial charge in [0.2, 0.25) is 10.0 Å². The van der Waals surface area contributed by atoms with Gasteiger partial charge in [-0.05, 0) is 74.3 Å². The van der Waals surface area contributed by atoms with Gasteiger partial charge in [0.25, 0.3) is 6.02 Å². The van der Waals surface area contributed by atoms with Crippen molar-refractivity contribution in [2.45, 2.75) is 76.1 Å². The van der Waals surface area contributed by atoms with Gasteiger partial charge in [-0.1, -0.05) is 60.4 Å². The van der Waals surface area contributed by atoms with E-state index in [0.29, 0.717) is 23.6 Å². The van der Waals surface area contributed by atoms with Crippen LogP contribution in [0, 0.1) is 5.82 Å². The van der Waals surface area contributed by atoms with Gasteiger partial charge in [-0.2, -0.15) is 0 Å². The maximum absolute atomic E-state index is 14.9. The van der Waals surface area contributed by atoms with E-state index in [-0.39, 0.29) is 16.6 Å². The van der Waals surface area contributed by atoms with Crippen LogP contribution in [-0.2, 0) is 19.2 Å². The topological polar surface area (TPSA) is 77.0 Å². The van der Waals surface area contributed by atoms with Crippen LogP contribution < -0.4 is 4.72 Å². The minimum Gasteiger partial charge on any atom is -0.457 e. The molecule has 2 aromatic carbocycles. The predicted octanol–water partition coefficient (Wildman–Crippen LogP) is 7.52. The predicted molar refractivity (Wildman–Crippen MR) is 153 cm³/mol. The Balaban J connectivity index is 1.95. The van der Waals surface area contributed by atoms with E-state index >= 15 is 0 Å². The summed E-state index contributed by atoms with van der Waals surface area (Å²) in [6.45, 7) is 14.4. The van der Waals surface area contributed by atoms with Crippen molar-refractivity contribution in [1.82, 2.24) is 4.72 Å². The zero-order valence-electron chi connectivity index (χ0n) is 22.2. The van der Waals surface area contributed by atoms with Gasteiger partial charge in [0.15, 0.2) is 8.32 Å². The monoisotopic (exact) mass is 632 g/mol. The van der Waals surface area contributed by atoms with Crippen molar-refractivity contribution in [3.05, 3.63) is 68.9 Å². The summed E-state index contributed by atoms with van der Waals surface area (Å²) in [7, 11) is -5.98. The fourth-order valence-corrected chi connectivity index (χ4v) is 7.26. The Morgan fingerprint density at radius 1 is 1.22 bits per heavy atom. The average molecular weight is 634 g/mol. The minimum absolute atomic E-state index is 0.00384. The highest BCUT2D eigenvalue weighted by atomic mass is 79.9. The summed E-state index contributed by atoms with van der Waals surface area (Å²) >= 11 is 9.55. The van der Waals surface area contributed by atoms with Crippen molar-refractivity contribution in [2.75, 3.05) is 6.61 Å². The van der Waals surface area contributed by atoms with E-state index < -0.39 is 41.1 Å². The number of hydrogen-bond donors (Lipinski definition) is 1. The molecule has 11 heteroatoms. The van der Waals surface area contributed by atoms with E-state index in [1.54, 1.807) is 38.1 Å². The Morgan fingerprint density at radius 3 is 2.41 bits per heavy atom. The fraction of sp³-hybridized carbons (Fsp3) is 0.500. The third-order valence-electron chi connectivity index (χ3n) is 6.95. The molecule has 1 heterocycles. The molecular weight excluding hydrogens is 599 g/mol. The van der Waals surface area contributed by atoms with E-state index in [2.05, 4.69) is 59.5 Å². The molecule has 0 bridgehead atoms. The minimum atomic E-state index is -3.92. The molecule has 0 aliphatic carbocycles. The average Bonchev–Trinajstić information content (AvgIpc) is 2.73. The van der Waals surface area contributed by atoms with Gasteiger partial charge in [0.1, 0.15) is 16.7 Å². The van der Waals surface area contributed by atoms with Gasteiger partial charge in [-0.25, -0.2) is 22.5 Å². The molecule has 1 aliphatic rings. The maximum Gasteiger partial charge on any atom is 0.299 e. The molecule has 204 valence electrons. The Bertz CT molecular complexity index is 1260. The van der Waals surface area contributed by atoms with Crippen molar-refractivity contribution in [3.63, 3.8) is 0 Å². The molecule has 2 aromatic rings. The lowest BCUT2D eigenvalue weighted by Gasteiger charge is -2.39. The normalized spacial score (nSPS) is 21.2. The molecule has 1 N–H and O–H groups in total. The van der Waals surface area contributed by atoms with E-state index in [4.69, 9.17) is 20.8 Å². The van der Waals surface area contributed by atoms with E-state index in [1.165, 1.54) is 18.2 Å². The second-order valence-electron chi connectivity index (χ2n) is 11.3. The van der Waals surface area contributed by atoms with Gasteiger partial charge in [-0.3, -0.25) is 0 Å². The molecule has 37 heavy (non-hydrogen) atoms. The van der Waals surface area contributed by atoms with Crippen molar-refractivity contribution in [2.24, 2.45) is 4.99 Å². The molecule has 0 saturated carbocycles. The number of hydrogen-bond acceptors (Lipinski definition) is 5. The van der Waals surface area contributed by atoms with Gasteiger partial charge in [0.05, 0.1) is 6.04 Å². The number of aliphatic imine (C=N–C) groups is 1. The first kappa shape index (κ1) is 30.1. The van der Waals surface area contributed by atoms with Crippen molar-refractivity contribution in [1.29, 1.82) is 0 Å². The first-order valence-corrected chi connectivity index (χ1v) is 17.7. The molecular formula is C26H35BrClFN2O4SSi. The number of sulfonamides is 1. The fourth-order valence-electron chi connectivity index (χ4n) is 3.99. The molecule has 1 fully saturated rings. The Labute approximate surface area is 234 Å². The standard InChI is InChI=1S/C26H35BrClFN2O4SSi/c1-25(2,3)37(6,7)34-15-14-22(20-16-19(28)12-13-21(20)29)30-24-31-36(32,33)23(26(4,5)35-24)17-8-10-18(27)11-9-17/h8-13,16,22-23H,14-15H2,1-7H3,(H,30,31). The second-order valence-corrected chi connectivity index (χ2v) is 19.2. The first-order chi connectivity index (χ1) is 16.9. The van der Waals surface area contributed by atoms with Gasteiger partial charge in [0, 0.05) is 21.7 Å². The van der Waals surface area contributed by atoms with Crippen molar-refractivity contribution < 1.29 is 22.0 Å². The number of nitrogens with zero attached hydrogens (tertiary/aromatic N) is 1. The molecule has 3 rings (SSSR count). The van der Waals surface area contributed by atoms with Crippen molar-refractivity contribution in [3.8, 4) is 0 Å². The summed E-state index contributed by atoms with van der Waals surface area (Å²) in [5, 5.41) is -0.618. The van der Waals surface area contributed by atoms with Gasteiger partial charge in [-0.15, -0.1) is 0 Å². The smallest absolute Gasteiger partial charge is 0.299 e. The number of benzene rings is 2. The van der Waals surface area contributed by atoms with Crippen LogP contribution in [-0.4, -0.2) is 35.0 Å². The third kappa shape index (κ3) is 7.14. The summed E-state index contributed by atoms with van der Waals surface area (Å²) in [6, 6.07) is 10.3. The Morgan fingerprint density at radius 2 is 1.84 bits per heavy atom. The van der Waals surface area contributed by atoms with Crippen LogP contribution in [0.1, 0.15) is 63.5 Å². The van der Waals surface area contributed by atoms with E-state index in [9.17, 15) is 12.8 Å². The lowest BCUT2D eigenvalue weighted by atomic mass is 9.97. The molecule has 2 unspecified atom stereocenters. The van der Waals surface area contributed by atoms with Gasteiger partial charge < -0.3 is 9.16 Å². The molecule has 0 radical (unpaired) electrons. The summed E-state index contributed by atoms with van der Waals surface area (Å²) < 4.78 is 57.4. The van der Waals surface area contributed by atoms with Crippen molar-refractivity contribution >= 4 is 51.9 Å². The highest BCUT2D eigenvalue weighted by Crippen LogP contribution is 2.40. The summed E-state index contributed by atoms with van der Waals surface area (Å²) in [6.07, 6.45) is 0.314. The number of halogens is 3. The number of rotatable bonds is 7. The molecule has 1 aliphatic heterocycles. The number of nitrogens with one attached hydrogen (secondary N) is 1. The molecule has 0 amide bonds. The molecule has 0 aromatic heterocycles. The van der Waals surface area contributed by atoms with Crippen LogP contribution in [0.15, 0.2) is 51.9 Å². The maximum atomic E-state index is 14.9. The molecule has 6 nitrogen and oxygen atoms in total. The zero-order valence-corrected chi connectivity index (χ0v) is 26.4. The van der Waals surface area contributed by atoms with E-state index in [1.807, 2.05) is 0 Å². The molecule has 1 saturated heterocycles. The summed E-state index contributed by atoms with van der Waals surface area (Å²) in [5.74, 6) is -0.489.